The number of fused-ring (bicyclic) bond motifs is 3. The highest BCUT2D eigenvalue weighted by Crippen LogP contribution is 2.61. The van der Waals surface area contributed by atoms with Gasteiger partial charge in [0.15, 0.2) is 11.5 Å². The molecule has 5 heteroatoms. The van der Waals surface area contributed by atoms with Crippen LogP contribution in [0, 0.1) is 5.41 Å². The molecule has 29 heavy (non-hydrogen) atoms. The van der Waals surface area contributed by atoms with Crippen LogP contribution in [0.15, 0.2) is 59.6 Å². The third-order valence-corrected chi connectivity index (χ3v) is 7.22. The topological polar surface area (TPSA) is 67.9 Å². The van der Waals surface area contributed by atoms with Crippen LogP contribution in [-0.2, 0) is 28.0 Å². The molecule has 0 radical (unpaired) electrons. The first-order valence-corrected chi connectivity index (χ1v) is 10.4. The Hall–Kier alpha value is -2.66. The van der Waals surface area contributed by atoms with Crippen molar-refractivity contribution in [2.24, 2.45) is 16.1 Å². The Labute approximate surface area is 171 Å². The number of nitrogens with zero attached hydrogens (tertiary/aromatic N) is 2. The van der Waals surface area contributed by atoms with Crippen molar-refractivity contribution in [3.8, 4) is 0 Å². The second-order valence-corrected chi connectivity index (χ2v) is 8.61. The number of hydrogen-bond acceptors (Lipinski definition) is 4. The number of nitrogens with two attached hydrogens (primary N) is 1. The number of ether oxygens (including phenoxy) is 1. The van der Waals surface area contributed by atoms with Gasteiger partial charge in [0.1, 0.15) is 0 Å². The lowest BCUT2D eigenvalue weighted by Crippen LogP contribution is -2.52. The monoisotopic (exact) mass is 389 g/mol. The van der Waals surface area contributed by atoms with Crippen molar-refractivity contribution in [2.75, 3.05) is 7.11 Å². The normalized spacial score (nSPS) is 30.8. The lowest BCUT2D eigenvalue weighted by Gasteiger charge is -2.45. The van der Waals surface area contributed by atoms with E-state index in [0.717, 1.165) is 43.2 Å². The molecule has 1 fully saturated rings. The molecule has 1 aliphatic heterocycles. The number of guanidine groups is 1. The van der Waals surface area contributed by atoms with E-state index in [1.54, 1.807) is 12.0 Å². The molecule has 1 atom stereocenters. The minimum Gasteiger partial charge on any atom is -0.381 e. The van der Waals surface area contributed by atoms with Crippen LogP contribution >= 0.6 is 0 Å². The number of carbonyl (C=O) groups is 1. The van der Waals surface area contributed by atoms with Crippen LogP contribution in [0.1, 0.15) is 42.4 Å². The van der Waals surface area contributed by atoms with Crippen LogP contribution in [0.3, 0.4) is 0 Å². The molecule has 2 aliphatic carbocycles. The lowest BCUT2D eigenvalue weighted by molar-refractivity contribution is -0.138. The van der Waals surface area contributed by atoms with Crippen LogP contribution in [0.4, 0.5) is 0 Å². The number of aliphatic imine (C=N–C) groups is 1. The largest absolute Gasteiger partial charge is 0.381 e. The zero-order chi connectivity index (χ0) is 20.1. The Kier molecular flexibility index (Phi) is 4.24. The fourth-order valence-corrected chi connectivity index (χ4v) is 5.74. The predicted octanol–water partition coefficient (Wildman–Crippen LogP) is 3.37. The predicted molar refractivity (Wildman–Crippen MR) is 112 cm³/mol. The molecule has 1 unspecified atom stereocenters. The SMILES string of the molecule is COC1CCC2(CC1)Cc1ccccc1C21N=C(N)N(Cc2ccccc2)C1=O. The molecule has 5 rings (SSSR count). The van der Waals surface area contributed by atoms with Gasteiger partial charge in [-0.3, -0.25) is 9.69 Å². The summed E-state index contributed by atoms with van der Waals surface area (Å²) in [4.78, 5) is 20.7. The zero-order valence-electron chi connectivity index (χ0n) is 16.8. The molecular formula is C24H27N3O2. The van der Waals surface area contributed by atoms with Crippen molar-refractivity contribution >= 4 is 11.9 Å². The highest BCUT2D eigenvalue weighted by molar-refractivity contribution is 6.08. The van der Waals surface area contributed by atoms with Crippen molar-refractivity contribution in [3.05, 3.63) is 71.3 Å². The number of benzene rings is 2. The Morgan fingerprint density at radius 1 is 1.10 bits per heavy atom. The minimum atomic E-state index is -0.902. The fraction of sp³-hybridized carbons (Fsp3) is 0.417. The first kappa shape index (κ1) is 18.4. The molecule has 1 heterocycles. The molecule has 1 saturated carbocycles. The lowest BCUT2D eigenvalue weighted by atomic mass is 9.61. The first-order valence-electron chi connectivity index (χ1n) is 10.4. The van der Waals surface area contributed by atoms with E-state index < -0.39 is 5.54 Å². The summed E-state index contributed by atoms with van der Waals surface area (Å²) in [5, 5.41) is 0. The van der Waals surface area contributed by atoms with Gasteiger partial charge >= 0.3 is 0 Å². The first-order chi connectivity index (χ1) is 14.1. The second kappa shape index (κ2) is 6.70. The summed E-state index contributed by atoms with van der Waals surface area (Å²) in [7, 11) is 1.78. The van der Waals surface area contributed by atoms with Gasteiger partial charge in [0.25, 0.3) is 5.91 Å². The van der Waals surface area contributed by atoms with Gasteiger partial charge in [-0.1, -0.05) is 54.6 Å². The van der Waals surface area contributed by atoms with E-state index in [1.807, 2.05) is 36.4 Å². The van der Waals surface area contributed by atoms with E-state index in [-0.39, 0.29) is 17.4 Å². The van der Waals surface area contributed by atoms with E-state index in [4.69, 9.17) is 15.5 Å². The van der Waals surface area contributed by atoms with Crippen LogP contribution < -0.4 is 5.73 Å². The summed E-state index contributed by atoms with van der Waals surface area (Å²) in [5.41, 5.74) is 8.61. The van der Waals surface area contributed by atoms with Gasteiger partial charge in [0.05, 0.1) is 12.6 Å². The molecule has 3 aliphatic rings. The number of hydrogen-bond donors (Lipinski definition) is 1. The molecular weight excluding hydrogens is 362 g/mol. The van der Waals surface area contributed by atoms with E-state index in [2.05, 4.69) is 18.2 Å². The molecule has 2 aromatic rings. The maximum atomic E-state index is 14.0. The van der Waals surface area contributed by atoms with Gasteiger partial charge in [0, 0.05) is 12.5 Å². The standard InChI is InChI=1S/C24H27N3O2/c1-29-19-11-13-23(14-12-19)15-18-9-5-6-10-20(18)24(23)21(28)27(22(25)26-24)16-17-7-3-2-4-8-17/h2-10,19H,11-16H2,1H3,(H2,25,26). The van der Waals surface area contributed by atoms with Gasteiger partial charge in [-0.25, -0.2) is 4.99 Å². The molecule has 150 valence electrons. The van der Waals surface area contributed by atoms with Crippen molar-refractivity contribution in [1.29, 1.82) is 0 Å². The third kappa shape index (κ3) is 2.57. The summed E-state index contributed by atoms with van der Waals surface area (Å²) >= 11 is 0. The van der Waals surface area contributed by atoms with Crippen LogP contribution in [0.2, 0.25) is 0 Å². The number of amides is 1. The van der Waals surface area contributed by atoms with E-state index in [9.17, 15) is 4.79 Å². The number of carbonyl (C=O) groups excluding carboxylic acids is 1. The third-order valence-electron chi connectivity index (χ3n) is 7.22. The molecule has 0 aromatic heterocycles. The van der Waals surface area contributed by atoms with E-state index in [0.29, 0.717) is 12.5 Å². The molecule has 1 amide bonds. The average molecular weight is 389 g/mol. The molecule has 0 saturated heterocycles. The Morgan fingerprint density at radius 2 is 1.79 bits per heavy atom. The van der Waals surface area contributed by atoms with E-state index in [1.165, 1.54) is 5.56 Å². The summed E-state index contributed by atoms with van der Waals surface area (Å²) in [6.07, 6.45) is 4.88. The average Bonchev–Trinajstić information content (AvgIpc) is 3.16. The van der Waals surface area contributed by atoms with Gasteiger partial charge in [-0.2, -0.15) is 0 Å². The van der Waals surface area contributed by atoms with Gasteiger partial charge in [0.2, 0.25) is 0 Å². The van der Waals surface area contributed by atoms with Gasteiger partial charge in [-0.15, -0.1) is 0 Å². The number of methoxy groups -OCH3 is 1. The Morgan fingerprint density at radius 3 is 2.52 bits per heavy atom. The zero-order valence-corrected chi connectivity index (χ0v) is 16.8. The summed E-state index contributed by atoms with van der Waals surface area (Å²) in [5.74, 6) is 0.364. The van der Waals surface area contributed by atoms with Gasteiger partial charge in [-0.05, 0) is 48.8 Å². The number of rotatable bonds is 3. The van der Waals surface area contributed by atoms with Crippen LogP contribution in [0.25, 0.3) is 0 Å². The smallest absolute Gasteiger partial charge is 0.262 e. The van der Waals surface area contributed by atoms with Crippen molar-refractivity contribution in [2.45, 2.75) is 50.3 Å². The molecule has 0 bridgehead atoms. The van der Waals surface area contributed by atoms with Crippen LogP contribution in [-0.4, -0.2) is 30.0 Å². The van der Waals surface area contributed by atoms with Crippen molar-refractivity contribution in [1.82, 2.24) is 4.90 Å². The minimum absolute atomic E-state index is 0.0275. The maximum absolute atomic E-state index is 14.0. The van der Waals surface area contributed by atoms with E-state index >= 15 is 0 Å². The Bertz CT molecular complexity index is 963. The summed E-state index contributed by atoms with van der Waals surface area (Å²) in [6.45, 7) is 0.454. The van der Waals surface area contributed by atoms with Crippen molar-refractivity contribution < 1.29 is 9.53 Å². The highest BCUT2D eigenvalue weighted by Gasteiger charge is 2.66. The molecule has 5 nitrogen and oxygen atoms in total. The van der Waals surface area contributed by atoms with Gasteiger partial charge < -0.3 is 10.5 Å². The second-order valence-electron chi connectivity index (χ2n) is 8.61. The Balaban J connectivity index is 1.58. The fourth-order valence-electron chi connectivity index (χ4n) is 5.74. The molecule has 2 N–H and O–H groups in total. The highest BCUT2D eigenvalue weighted by atomic mass is 16.5. The molecule has 2 spiro atoms. The van der Waals surface area contributed by atoms with Crippen molar-refractivity contribution in [3.63, 3.8) is 0 Å². The summed E-state index contributed by atoms with van der Waals surface area (Å²) in [6, 6.07) is 18.3. The van der Waals surface area contributed by atoms with Crippen LogP contribution in [0.5, 0.6) is 0 Å². The summed E-state index contributed by atoms with van der Waals surface area (Å²) < 4.78 is 5.61. The maximum Gasteiger partial charge on any atom is 0.262 e. The molecule has 2 aromatic carbocycles. The quantitative estimate of drug-likeness (QED) is 0.875.